The number of halogens is 1. The van der Waals surface area contributed by atoms with Crippen molar-refractivity contribution in [1.82, 2.24) is 0 Å². The van der Waals surface area contributed by atoms with E-state index in [9.17, 15) is 0 Å². The van der Waals surface area contributed by atoms with E-state index in [0.29, 0.717) is 22.7 Å². The Labute approximate surface area is 95.0 Å². The van der Waals surface area contributed by atoms with Crippen LogP contribution in [-0.2, 0) is 0 Å². The Balaban J connectivity index is 3.28. The predicted molar refractivity (Wildman–Crippen MR) is 63.2 cm³/mol. The maximum Gasteiger partial charge on any atom is 0.0968 e. The van der Waals surface area contributed by atoms with Gasteiger partial charge in [-0.2, -0.15) is 5.26 Å². The first-order valence-electron chi connectivity index (χ1n) is 4.74. The second kappa shape index (κ2) is 4.86. The van der Waals surface area contributed by atoms with Crippen LogP contribution in [0.5, 0.6) is 0 Å². The lowest BCUT2D eigenvalue weighted by Crippen LogP contribution is -2.00. The minimum absolute atomic E-state index is 0.519. The van der Waals surface area contributed by atoms with E-state index in [1.165, 1.54) is 0 Å². The maximum atomic E-state index is 8.88. The molecule has 2 N–H and O–H groups in total. The first-order valence-corrected chi connectivity index (χ1v) is 5.12. The molecule has 0 aliphatic rings. The molecule has 0 amide bonds. The third-order valence-corrected chi connectivity index (χ3v) is 2.38. The van der Waals surface area contributed by atoms with E-state index in [4.69, 9.17) is 22.6 Å². The quantitative estimate of drug-likeness (QED) is 0.778. The zero-order chi connectivity index (χ0) is 11.4. The number of benzene rings is 1. The van der Waals surface area contributed by atoms with E-state index in [0.717, 1.165) is 11.1 Å². The average molecular weight is 221 g/mol. The minimum Gasteiger partial charge on any atom is -0.397 e. The van der Waals surface area contributed by atoms with Gasteiger partial charge in [0.25, 0.3) is 0 Å². The number of rotatable bonds is 2. The number of aryl methyl sites for hydroxylation is 1. The van der Waals surface area contributed by atoms with Gasteiger partial charge < -0.3 is 5.73 Å². The summed E-state index contributed by atoms with van der Waals surface area (Å²) in [4.78, 5) is 0. The van der Waals surface area contributed by atoms with Crippen LogP contribution in [0.15, 0.2) is 23.8 Å². The molecule has 0 unspecified atom stereocenters. The summed E-state index contributed by atoms with van der Waals surface area (Å²) in [6.45, 7) is 3.85. The van der Waals surface area contributed by atoms with Gasteiger partial charge in [-0.25, -0.2) is 0 Å². The molecule has 1 aromatic rings. The van der Waals surface area contributed by atoms with Gasteiger partial charge in [-0.15, -0.1) is 0 Å². The lowest BCUT2D eigenvalue weighted by Gasteiger charge is -2.06. The molecule has 78 valence electrons. The summed E-state index contributed by atoms with van der Waals surface area (Å²) in [5.74, 6) is 0. The molecule has 0 saturated heterocycles. The summed E-state index contributed by atoms with van der Waals surface area (Å²) in [5.41, 5.74) is 8.86. The Hall–Kier alpha value is -1.46. The van der Waals surface area contributed by atoms with Gasteiger partial charge in [0.2, 0.25) is 0 Å². The van der Waals surface area contributed by atoms with Crippen molar-refractivity contribution in [3.05, 3.63) is 39.9 Å². The lowest BCUT2D eigenvalue weighted by atomic mass is 10.0. The first-order chi connectivity index (χ1) is 7.08. The highest BCUT2D eigenvalue weighted by molar-refractivity contribution is 6.30. The molecule has 0 aromatic heterocycles. The van der Waals surface area contributed by atoms with Crippen LogP contribution in [0.1, 0.15) is 24.5 Å². The Bertz CT molecular complexity index is 421. The molecule has 0 heterocycles. The molecule has 0 radical (unpaired) electrons. The Kier molecular flexibility index (Phi) is 3.76. The van der Waals surface area contributed by atoms with E-state index in [2.05, 4.69) is 6.07 Å². The van der Waals surface area contributed by atoms with E-state index >= 15 is 0 Å². The Morgan fingerprint density at radius 2 is 2.13 bits per heavy atom. The maximum absolute atomic E-state index is 8.88. The molecule has 1 rings (SSSR count). The van der Waals surface area contributed by atoms with Crippen molar-refractivity contribution in [1.29, 1.82) is 5.26 Å². The van der Waals surface area contributed by atoms with Crippen LogP contribution in [0.3, 0.4) is 0 Å². The molecular formula is C12H13ClN2. The second-order valence-electron chi connectivity index (χ2n) is 3.37. The summed E-state index contributed by atoms with van der Waals surface area (Å²) in [6.07, 6.45) is 0.633. The van der Waals surface area contributed by atoms with Crippen LogP contribution in [0.4, 0.5) is 0 Å². The Morgan fingerprint density at radius 1 is 1.47 bits per heavy atom. The van der Waals surface area contributed by atoms with Crippen molar-refractivity contribution in [2.45, 2.75) is 20.3 Å². The molecule has 15 heavy (non-hydrogen) atoms. The monoisotopic (exact) mass is 220 g/mol. The smallest absolute Gasteiger partial charge is 0.0968 e. The summed E-state index contributed by atoms with van der Waals surface area (Å²) < 4.78 is 0. The van der Waals surface area contributed by atoms with Gasteiger partial charge in [0, 0.05) is 10.6 Å². The zero-order valence-corrected chi connectivity index (χ0v) is 9.60. The van der Waals surface area contributed by atoms with Crippen LogP contribution in [0.2, 0.25) is 5.02 Å². The standard InChI is InChI=1S/C12H13ClN2/c1-3-9(7-14)12(15)10-4-8(2)5-11(13)6-10/h4-6H,3,15H2,1-2H3/b12-9-. The fourth-order valence-electron chi connectivity index (χ4n) is 1.40. The number of nitriles is 1. The number of hydrogen-bond donors (Lipinski definition) is 1. The number of nitrogens with two attached hydrogens (primary N) is 1. The third-order valence-electron chi connectivity index (χ3n) is 2.17. The predicted octanol–water partition coefficient (Wildman–Crippen LogP) is 3.25. The van der Waals surface area contributed by atoms with Crippen molar-refractivity contribution >= 4 is 17.3 Å². The van der Waals surface area contributed by atoms with Crippen LogP contribution in [0.25, 0.3) is 5.70 Å². The molecular weight excluding hydrogens is 208 g/mol. The Morgan fingerprint density at radius 3 is 2.60 bits per heavy atom. The van der Waals surface area contributed by atoms with Gasteiger partial charge >= 0.3 is 0 Å². The first kappa shape index (κ1) is 11.6. The molecule has 0 bridgehead atoms. The topological polar surface area (TPSA) is 49.8 Å². The lowest BCUT2D eigenvalue weighted by molar-refractivity contribution is 1.14. The van der Waals surface area contributed by atoms with Gasteiger partial charge in [-0.05, 0) is 37.1 Å². The molecule has 1 aromatic carbocycles. The molecule has 0 spiro atoms. The van der Waals surface area contributed by atoms with E-state index in [1.807, 2.05) is 26.0 Å². The number of hydrogen-bond acceptors (Lipinski definition) is 2. The van der Waals surface area contributed by atoms with Crippen LogP contribution in [-0.4, -0.2) is 0 Å². The molecule has 0 aliphatic heterocycles. The van der Waals surface area contributed by atoms with E-state index < -0.39 is 0 Å². The molecule has 0 fully saturated rings. The largest absolute Gasteiger partial charge is 0.397 e. The van der Waals surface area contributed by atoms with Crippen molar-refractivity contribution in [2.24, 2.45) is 5.73 Å². The van der Waals surface area contributed by atoms with Gasteiger partial charge in [0.15, 0.2) is 0 Å². The highest BCUT2D eigenvalue weighted by Gasteiger charge is 2.05. The highest BCUT2D eigenvalue weighted by Crippen LogP contribution is 2.21. The van der Waals surface area contributed by atoms with Crippen molar-refractivity contribution in [3.8, 4) is 6.07 Å². The molecule has 0 atom stereocenters. The fraction of sp³-hybridized carbons (Fsp3) is 0.250. The van der Waals surface area contributed by atoms with Crippen LogP contribution in [0, 0.1) is 18.3 Å². The highest BCUT2D eigenvalue weighted by atomic mass is 35.5. The zero-order valence-electron chi connectivity index (χ0n) is 8.84. The van der Waals surface area contributed by atoms with Crippen molar-refractivity contribution in [2.75, 3.05) is 0 Å². The van der Waals surface area contributed by atoms with E-state index in [-0.39, 0.29) is 0 Å². The summed E-state index contributed by atoms with van der Waals surface area (Å²) in [6, 6.07) is 7.66. The molecule has 0 aliphatic carbocycles. The van der Waals surface area contributed by atoms with Gasteiger partial charge in [-0.1, -0.05) is 18.5 Å². The summed E-state index contributed by atoms with van der Waals surface area (Å²) in [5, 5.41) is 9.52. The number of nitrogens with zero attached hydrogens (tertiary/aromatic N) is 1. The molecule has 0 saturated carbocycles. The fourth-order valence-corrected chi connectivity index (χ4v) is 1.69. The molecule has 2 nitrogen and oxygen atoms in total. The molecule has 3 heteroatoms. The van der Waals surface area contributed by atoms with Gasteiger partial charge in [0.05, 0.1) is 17.3 Å². The SMILES string of the molecule is CC/C(C#N)=C(/N)c1cc(C)cc(Cl)c1. The van der Waals surface area contributed by atoms with Crippen LogP contribution >= 0.6 is 11.6 Å². The van der Waals surface area contributed by atoms with E-state index in [1.54, 1.807) is 6.07 Å². The third kappa shape index (κ3) is 2.74. The number of allylic oxidation sites excluding steroid dienone is 1. The van der Waals surface area contributed by atoms with Gasteiger partial charge in [0.1, 0.15) is 0 Å². The van der Waals surface area contributed by atoms with Gasteiger partial charge in [-0.3, -0.25) is 0 Å². The average Bonchev–Trinajstić information content (AvgIpc) is 2.18. The second-order valence-corrected chi connectivity index (χ2v) is 3.81. The van der Waals surface area contributed by atoms with Crippen molar-refractivity contribution < 1.29 is 0 Å². The summed E-state index contributed by atoms with van der Waals surface area (Å²) in [7, 11) is 0. The van der Waals surface area contributed by atoms with Crippen molar-refractivity contribution in [3.63, 3.8) is 0 Å². The van der Waals surface area contributed by atoms with Crippen LogP contribution < -0.4 is 5.73 Å². The minimum atomic E-state index is 0.519. The summed E-state index contributed by atoms with van der Waals surface area (Å²) >= 11 is 5.92. The normalized spacial score (nSPS) is 11.9.